The molecule has 1 aromatic carbocycles. The second-order valence-electron chi connectivity index (χ2n) is 12.8. The van der Waals surface area contributed by atoms with E-state index in [0.29, 0.717) is 55.7 Å². The number of allylic oxidation sites excluding steroid dienone is 2. The van der Waals surface area contributed by atoms with Gasteiger partial charge in [0.05, 0.1) is 32.1 Å². The molecular formula is C33H48F6N6O2. The van der Waals surface area contributed by atoms with Crippen LogP contribution in [0, 0.1) is 32.1 Å². The molecule has 0 aliphatic rings. The van der Waals surface area contributed by atoms with Crippen LogP contribution in [0.4, 0.5) is 38.0 Å². The van der Waals surface area contributed by atoms with Crippen molar-refractivity contribution in [1.82, 2.24) is 20.2 Å². The molecule has 0 aliphatic carbocycles. The Kier molecular flexibility index (Phi) is 13.9. The second-order valence-corrected chi connectivity index (χ2v) is 12.8. The number of methoxy groups -OCH3 is 1. The number of carbonyl (C=O) groups excluding carboxylic acids is 1. The summed E-state index contributed by atoms with van der Waals surface area (Å²) >= 11 is 0. The van der Waals surface area contributed by atoms with Crippen LogP contribution in [0.2, 0.25) is 0 Å². The summed E-state index contributed by atoms with van der Waals surface area (Å²) in [5.74, 6) is -1.77. The molecule has 0 radical (unpaired) electrons. The van der Waals surface area contributed by atoms with Gasteiger partial charge in [-0.3, -0.25) is 4.79 Å². The second kappa shape index (κ2) is 16.5. The number of anilines is 2. The third-order valence-corrected chi connectivity index (χ3v) is 8.06. The van der Waals surface area contributed by atoms with Crippen molar-refractivity contribution in [3.63, 3.8) is 0 Å². The molecule has 47 heavy (non-hydrogen) atoms. The summed E-state index contributed by atoms with van der Waals surface area (Å²) in [6.45, 7) is 12.6. The predicted octanol–water partition coefficient (Wildman–Crippen LogP) is 7.93. The van der Waals surface area contributed by atoms with E-state index >= 15 is 0 Å². The van der Waals surface area contributed by atoms with Crippen molar-refractivity contribution >= 4 is 17.6 Å². The lowest BCUT2D eigenvalue weighted by atomic mass is 9.85. The maximum atomic E-state index is 14.1. The van der Waals surface area contributed by atoms with Crippen LogP contribution in [0.25, 0.3) is 0 Å². The molecule has 0 saturated heterocycles. The number of tetrazole rings is 1. The summed E-state index contributed by atoms with van der Waals surface area (Å²) in [5, 5.41) is 12.2. The monoisotopic (exact) mass is 674 g/mol. The van der Waals surface area contributed by atoms with Crippen LogP contribution >= 0.6 is 0 Å². The fraction of sp³-hybridized carbons (Fsp3) is 0.636. The minimum atomic E-state index is -4.53. The molecule has 1 aromatic heterocycles. The first-order valence-corrected chi connectivity index (χ1v) is 15.6. The number of hydrogen-bond acceptors (Lipinski definition) is 7. The van der Waals surface area contributed by atoms with Gasteiger partial charge in [-0.1, -0.05) is 50.2 Å². The first-order chi connectivity index (χ1) is 21.7. The van der Waals surface area contributed by atoms with Crippen LogP contribution < -0.4 is 9.80 Å². The molecule has 1 atom stereocenters. The van der Waals surface area contributed by atoms with Crippen molar-refractivity contribution in [2.45, 2.75) is 86.5 Å². The lowest BCUT2D eigenvalue weighted by Crippen LogP contribution is -2.33. The Hall–Kier alpha value is -3.58. The number of alkyl halides is 6. The number of nitrogens with zero attached hydrogens (tertiary/aromatic N) is 6. The summed E-state index contributed by atoms with van der Waals surface area (Å²) in [4.78, 5) is 17.0. The smallest absolute Gasteiger partial charge is 0.416 e. The van der Waals surface area contributed by atoms with Gasteiger partial charge in [0.15, 0.2) is 0 Å². The van der Waals surface area contributed by atoms with Gasteiger partial charge in [-0.05, 0) is 79.8 Å². The lowest BCUT2D eigenvalue weighted by Gasteiger charge is -2.34. The van der Waals surface area contributed by atoms with Gasteiger partial charge in [0.1, 0.15) is 0 Å². The molecule has 0 N–H and O–H groups in total. The Morgan fingerprint density at radius 3 is 2.15 bits per heavy atom. The van der Waals surface area contributed by atoms with E-state index in [0.717, 1.165) is 6.92 Å². The standard InChI is InChI=1S/C33H48F6N6O2/c1-10-13-26(19-24(4)32(34,35)36)21-45(30-40-42-43(8)41-30)16-12-11-15-44(17-14-31(6,7)20-27(46)47-9)29-23(3)18-22(2)28(25(29)5)33(37,38)39/h10,13,18-19,24H,11-12,14-17,20-21H2,1-9H3/b13-10-,26-19+. The minimum Gasteiger partial charge on any atom is -0.469 e. The summed E-state index contributed by atoms with van der Waals surface area (Å²) in [6, 6.07) is 1.55. The molecule has 2 rings (SSSR count). The van der Waals surface area contributed by atoms with E-state index in [-0.39, 0.29) is 36.0 Å². The first-order valence-electron chi connectivity index (χ1n) is 15.6. The van der Waals surface area contributed by atoms with Crippen molar-refractivity contribution < 1.29 is 35.9 Å². The Morgan fingerprint density at radius 1 is 1.02 bits per heavy atom. The van der Waals surface area contributed by atoms with Crippen LogP contribution in [0.15, 0.2) is 29.9 Å². The third kappa shape index (κ3) is 11.9. The Labute approximate surface area is 273 Å². The number of hydrogen-bond donors (Lipinski definition) is 0. The van der Waals surface area contributed by atoms with Gasteiger partial charge < -0.3 is 14.5 Å². The first kappa shape index (κ1) is 39.6. The largest absolute Gasteiger partial charge is 0.469 e. The minimum absolute atomic E-state index is 0.104. The number of esters is 1. The molecule has 0 spiro atoms. The van der Waals surface area contributed by atoms with Gasteiger partial charge in [0, 0.05) is 31.9 Å². The molecular weight excluding hydrogens is 626 g/mol. The molecule has 14 heteroatoms. The highest BCUT2D eigenvalue weighted by Gasteiger charge is 2.37. The van der Waals surface area contributed by atoms with Crippen LogP contribution in [0.5, 0.6) is 0 Å². The molecule has 264 valence electrons. The normalized spacial score (nSPS) is 13.7. The lowest BCUT2D eigenvalue weighted by molar-refractivity contribution is -0.156. The highest BCUT2D eigenvalue weighted by Crippen LogP contribution is 2.41. The van der Waals surface area contributed by atoms with E-state index in [1.165, 1.54) is 31.8 Å². The molecule has 0 saturated carbocycles. The molecule has 1 heterocycles. The average Bonchev–Trinajstić information content (AvgIpc) is 3.36. The SMILES string of the molecule is C/C=C\C(=C/C(C)C(F)(F)F)CN(CCCCN(CCC(C)(C)CC(=O)OC)c1c(C)cc(C)c(C(F)(F)F)c1C)c1nnn(C)n1. The number of ether oxygens (including phenoxy) is 1. The average molecular weight is 675 g/mol. The van der Waals surface area contributed by atoms with Crippen molar-refractivity contribution in [1.29, 1.82) is 0 Å². The van der Waals surface area contributed by atoms with Crippen LogP contribution in [-0.2, 0) is 22.8 Å². The van der Waals surface area contributed by atoms with E-state index in [1.807, 2.05) is 18.7 Å². The molecule has 8 nitrogen and oxygen atoms in total. The number of aryl methyl sites for hydroxylation is 3. The summed E-state index contributed by atoms with van der Waals surface area (Å²) in [5.41, 5.74) is 0.818. The van der Waals surface area contributed by atoms with E-state index in [9.17, 15) is 31.1 Å². The zero-order chi connectivity index (χ0) is 35.7. The zero-order valence-electron chi connectivity index (χ0n) is 28.8. The van der Waals surface area contributed by atoms with Crippen molar-refractivity contribution in [3.05, 3.63) is 52.1 Å². The van der Waals surface area contributed by atoms with Gasteiger partial charge in [-0.15, -0.1) is 5.10 Å². The quantitative estimate of drug-likeness (QED) is 0.0775. The Bertz CT molecular complexity index is 1400. The van der Waals surface area contributed by atoms with Crippen LogP contribution in [0.1, 0.15) is 75.6 Å². The van der Waals surface area contributed by atoms with Crippen molar-refractivity contribution in [2.75, 3.05) is 43.1 Å². The molecule has 1 unspecified atom stereocenters. The molecule has 0 bridgehead atoms. The molecule has 0 fully saturated rings. The van der Waals surface area contributed by atoms with E-state index in [2.05, 4.69) is 15.4 Å². The number of benzene rings is 1. The van der Waals surface area contributed by atoms with Gasteiger partial charge in [-0.2, -0.15) is 31.1 Å². The maximum Gasteiger partial charge on any atom is 0.416 e. The number of aromatic nitrogens is 4. The summed E-state index contributed by atoms with van der Waals surface area (Å²) in [7, 11) is 2.90. The van der Waals surface area contributed by atoms with Crippen LogP contribution in [-0.4, -0.2) is 65.6 Å². The van der Waals surface area contributed by atoms with Gasteiger partial charge in [0.25, 0.3) is 5.95 Å². The van der Waals surface area contributed by atoms with E-state index in [4.69, 9.17) is 4.74 Å². The number of rotatable bonds is 16. The summed E-state index contributed by atoms with van der Waals surface area (Å²) in [6.07, 6.45) is -2.72. The summed E-state index contributed by atoms with van der Waals surface area (Å²) < 4.78 is 87.3. The van der Waals surface area contributed by atoms with Crippen LogP contribution in [0.3, 0.4) is 0 Å². The fourth-order valence-electron chi connectivity index (χ4n) is 5.69. The highest BCUT2D eigenvalue weighted by atomic mass is 19.4. The molecule has 0 aliphatic heterocycles. The fourth-order valence-corrected chi connectivity index (χ4v) is 5.69. The predicted molar refractivity (Wildman–Crippen MR) is 171 cm³/mol. The highest BCUT2D eigenvalue weighted by molar-refractivity contribution is 5.70. The zero-order valence-corrected chi connectivity index (χ0v) is 28.8. The topological polar surface area (TPSA) is 76.4 Å². The van der Waals surface area contributed by atoms with Crippen molar-refractivity contribution in [2.24, 2.45) is 18.4 Å². The maximum absolute atomic E-state index is 14.1. The van der Waals surface area contributed by atoms with E-state index in [1.54, 1.807) is 44.0 Å². The number of unbranched alkanes of at least 4 members (excludes halogenated alkanes) is 1. The Balaban J connectivity index is 2.37. The van der Waals surface area contributed by atoms with Gasteiger partial charge in [0.2, 0.25) is 0 Å². The van der Waals surface area contributed by atoms with Gasteiger partial charge in [-0.25, -0.2) is 0 Å². The molecule has 2 aromatic rings. The van der Waals surface area contributed by atoms with Gasteiger partial charge >= 0.3 is 18.3 Å². The molecule has 0 amide bonds. The number of carbonyl (C=O) groups is 1. The third-order valence-electron chi connectivity index (χ3n) is 8.06. The Morgan fingerprint density at radius 2 is 1.64 bits per heavy atom. The van der Waals surface area contributed by atoms with Crippen molar-refractivity contribution in [3.8, 4) is 0 Å². The van der Waals surface area contributed by atoms with E-state index < -0.39 is 29.2 Å². The number of halogens is 6.